The van der Waals surface area contributed by atoms with Crippen molar-refractivity contribution < 1.29 is 14.7 Å². The standard InChI is InChI=1S/C19H16Cl2N2O3/c20-11-7-13(21)17-12(18(19(25)26)23-15(17)8-11)3-4-16(24)22-14-6-9-1-2-10(14)5-9/h7-10,14,23H,1-2,5-6H2,(H,22,24)(H,25,26)/t9-,10+,14-/m0/s1. The maximum absolute atomic E-state index is 12.2. The van der Waals surface area contributed by atoms with Gasteiger partial charge >= 0.3 is 5.97 Å². The number of halogens is 2. The Morgan fingerprint density at radius 1 is 1.23 bits per heavy atom. The van der Waals surface area contributed by atoms with Gasteiger partial charge in [0.05, 0.1) is 16.1 Å². The Hall–Kier alpha value is -2.16. The maximum Gasteiger partial charge on any atom is 0.353 e. The summed E-state index contributed by atoms with van der Waals surface area (Å²) in [6.07, 6.45) is 4.60. The van der Waals surface area contributed by atoms with Crippen LogP contribution in [0.25, 0.3) is 10.9 Å². The first-order chi connectivity index (χ1) is 12.4. The lowest BCUT2D eigenvalue weighted by Crippen LogP contribution is -2.37. The average Bonchev–Trinajstić information content (AvgIpc) is 3.26. The van der Waals surface area contributed by atoms with Crippen LogP contribution in [0.2, 0.25) is 10.0 Å². The topological polar surface area (TPSA) is 82.2 Å². The largest absolute Gasteiger partial charge is 0.477 e. The number of nitrogens with one attached hydrogen (secondary N) is 2. The first-order valence-electron chi connectivity index (χ1n) is 8.49. The number of carbonyl (C=O) groups excluding carboxylic acids is 1. The Labute approximate surface area is 160 Å². The number of carboxylic acids is 1. The smallest absolute Gasteiger partial charge is 0.353 e. The van der Waals surface area contributed by atoms with Crippen molar-refractivity contribution >= 4 is 46.0 Å². The molecule has 2 aliphatic carbocycles. The van der Waals surface area contributed by atoms with Crippen LogP contribution in [0.4, 0.5) is 0 Å². The van der Waals surface area contributed by atoms with Gasteiger partial charge in [-0.05, 0) is 43.2 Å². The van der Waals surface area contributed by atoms with Crippen LogP contribution in [0, 0.1) is 23.7 Å². The van der Waals surface area contributed by atoms with Crippen molar-refractivity contribution in [2.75, 3.05) is 0 Å². The number of H-pyrrole nitrogens is 1. The molecule has 2 fully saturated rings. The van der Waals surface area contributed by atoms with Crippen molar-refractivity contribution in [3.8, 4) is 11.8 Å². The van der Waals surface area contributed by atoms with Crippen LogP contribution in [0.5, 0.6) is 0 Å². The van der Waals surface area contributed by atoms with Gasteiger partial charge in [-0.3, -0.25) is 4.79 Å². The minimum atomic E-state index is -1.17. The summed E-state index contributed by atoms with van der Waals surface area (Å²) in [6, 6.07) is 3.28. The SMILES string of the molecule is O=C(C#Cc1c(C(=O)O)[nH]c2cc(Cl)cc(Cl)c12)N[C@H]1C[C@H]2CC[C@@H]1C2. The molecule has 2 saturated carbocycles. The molecule has 0 radical (unpaired) electrons. The first kappa shape index (κ1) is 17.3. The molecule has 2 aromatic rings. The zero-order chi connectivity index (χ0) is 18.4. The van der Waals surface area contributed by atoms with Crippen LogP contribution in [-0.4, -0.2) is 28.0 Å². The van der Waals surface area contributed by atoms with E-state index in [0.29, 0.717) is 27.8 Å². The molecule has 134 valence electrons. The van der Waals surface area contributed by atoms with Gasteiger partial charge in [-0.15, -0.1) is 0 Å². The molecule has 1 amide bonds. The molecule has 1 aromatic heterocycles. The minimum Gasteiger partial charge on any atom is -0.477 e. The van der Waals surface area contributed by atoms with Gasteiger partial charge in [0.15, 0.2) is 0 Å². The van der Waals surface area contributed by atoms with Gasteiger partial charge in [0.1, 0.15) is 5.69 Å². The molecule has 0 spiro atoms. The summed E-state index contributed by atoms with van der Waals surface area (Å²) in [4.78, 5) is 26.5. The second kappa shape index (κ2) is 6.53. The third-order valence-corrected chi connectivity index (χ3v) is 5.90. The van der Waals surface area contributed by atoms with E-state index in [9.17, 15) is 14.7 Å². The summed E-state index contributed by atoms with van der Waals surface area (Å²) >= 11 is 12.2. The van der Waals surface area contributed by atoms with Crippen molar-refractivity contribution in [1.82, 2.24) is 10.3 Å². The molecule has 3 atom stereocenters. The summed E-state index contributed by atoms with van der Waals surface area (Å²) in [5, 5.41) is 13.5. The molecule has 0 saturated heterocycles. The first-order valence-corrected chi connectivity index (χ1v) is 9.24. The number of aromatic nitrogens is 1. The lowest BCUT2D eigenvalue weighted by molar-refractivity contribution is -0.116. The van der Waals surface area contributed by atoms with E-state index in [1.807, 2.05) is 0 Å². The predicted octanol–water partition coefficient (Wildman–Crippen LogP) is 3.83. The molecule has 2 bridgehead atoms. The fraction of sp³-hybridized carbons (Fsp3) is 0.368. The van der Waals surface area contributed by atoms with E-state index in [0.717, 1.165) is 12.8 Å². The van der Waals surface area contributed by atoms with Crippen molar-refractivity contribution in [3.63, 3.8) is 0 Å². The van der Waals surface area contributed by atoms with Crippen molar-refractivity contribution in [1.29, 1.82) is 0 Å². The highest BCUT2D eigenvalue weighted by Crippen LogP contribution is 2.44. The average molecular weight is 391 g/mol. The van der Waals surface area contributed by atoms with Crippen LogP contribution in [0.1, 0.15) is 41.7 Å². The molecule has 0 unspecified atom stereocenters. The zero-order valence-electron chi connectivity index (χ0n) is 13.7. The van der Waals surface area contributed by atoms with Crippen LogP contribution in [0.15, 0.2) is 12.1 Å². The van der Waals surface area contributed by atoms with Crippen LogP contribution in [-0.2, 0) is 4.79 Å². The number of hydrogen-bond donors (Lipinski definition) is 3. The Kier molecular flexibility index (Phi) is 4.34. The quantitative estimate of drug-likeness (QED) is 0.681. The summed E-state index contributed by atoms with van der Waals surface area (Å²) in [5.74, 6) is 4.92. The van der Waals surface area contributed by atoms with E-state index in [2.05, 4.69) is 22.1 Å². The number of hydrogen-bond acceptors (Lipinski definition) is 2. The fourth-order valence-electron chi connectivity index (χ4n) is 4.28. The molecule has 3 N–H and O–H groups in total. The lowest BCUT2D eigenvalue weighted by atomic mass is 9.95. The number of carbonyl (C=O) groups is 2. The predicted molar refractivity (Wildman–Crippen MR) is 99.5 cm³/mol. The highest BCUT2D eigenvalue weighted by molar-refractivity contribution is 6.39. The van der Waals surface area contributed by atoms with E-state index < -0.39 is 11.9 Å². The minimum absolute atomic E-state index is 0.107. The highest BCUT2D eigenvalue weighted by atomic mass is 35.5. The molecular weight excluding hydrogens is 375 g/mol. The lowest BCUT2D eigenvalue weighted by Gasteiger charge is -2.21. The van der Waals surface area contributed by atoms with E-state index in [-0.39, 0.29) is 22.3 Å². The Morgan fingerprint density at radius 3 is 2.69 bits per heavy atom. The molecule has 1 aromatic carbocycles. The van der Waals surface area contributed by atoms with E-state index in [1.165, 1.54) is 18.9 Å². The Bertz CT molecular complexity index is 986. The summed E-state index contributed by atoms with van der Waals surface area (Å²) < 4.78 is 0. The number of amides is 1. The van der Waals surface area contributed by atoms with Crippen LogP contribution in [0.3, 0.4) is 0 Å². The number of fused-ring (bicyclic) bond motifs is 3. The summed E-state index contributed by atoms with van der Waals surface area (Å²) in [7, 11) is 0. The molecular formula is C19H16Cl2N2O3. The number of rotatable bonds is 2. The van der Waals surface area contributed by atoms with Gasteiger partial charge in [0, 0.05) is 22.4 Å². The zero-order valence-corrected chi connectivity index (χ0v) is 15.2. The van der Waals surface area contributed by atoms with Crippen molar-refractivity contribution in [3.05, 3.63) is 33.4 Å². The number of aromatic carboxylic acids is 1. The van der Waals surface area contributed by atoms with Crippen LogP contribution >= 0.6 is 23.2 Å². The van der Waals surface area contributed by atoms with Gasteiger partial charge < -0.3 is 15.4 Å². The van der Waals surface area contributed by atoms with Gasteiger partial charge in [-0.25, -0.2) is 4.79 Å². The van der Waals surface area contributed by atoms with Gasteiger partial charge in [0.25, 0.3) is 5.91 Å². The summed E-state index contributed by atoms with van der Waals surface area (Å²) in [6.45, 7) is 0. The molecule has 4 rings (SSSR count). The third-order valence-electron chi connectivity index (χ3n) is 5.38. The monoisotopic (exact) mass is 390 g/mol. The molecule has 1 heterocycles. The molecule has 7 heteroatoms. The molecule has 0 aliphatic heterocycles. The van der Waals surface area contributed by atoms with Crippen molar-refractivity contribution in [2.24, 2.45) is 11.8 Å². The van der Waals surface area contributed by atoms with Crippen LogP contribution < -0.4 is 5.32 Å². The Morgan fingerprint density at radius 2 is 2.04 bits per heavy atom. The maximum atomic E-state index is 12.2. The number of benzene rings is 1. The Balaban J connectivity index is 1.64. The summed E-state index contributed by atoms with van der Waals surface area (Å²) in [5.41, 5.74) is 0.555. The number of carboxylic acid groups (broad SMARTS) is 1. The van der Waals surface area contributed by atoms with E-state index in [1.54, 1.807) is 6.07 Å². The van der Waals surface area contributed by atoms with E-state index in [4.69, 9.17) is 23.2 Å². The fourth-order valence-corrected chi connectivity index (χ4v) is 4.87. The van der Waals surface area contributed by atoms with E-state index >= 15 is 0 Å². The van der Waals surface area contributed by atoms with Crippen molar-refractivity contribution in [2.45, 2.75) is 31.7 Å². The molecule has 26 heavy (non-hydrogen) atoms. The molecule has 5 nitrogen and oxygen atoms in total. The number of aromatic amines is 1. The highest BCUT2D eigenvalue weighted by Gasteiger charge is 2.39. The van der Waals surface area contributed by atoms with Gasteiger partial charge in [-0.2, -0.15) is 0 Å². The van der Waals surface area contributed by atoms with Gasteiger partial charge in [-0.1, -0.05) is 35.5 Å². The second-order valence-electron chi connectivity index (χ2n) is 7.00. The molecule has 2 aliphatic rings. The normalized spacial score (nSPS) is 23.7. The second-order valence-corrected chi connectivity index (χ2v) is 7.84. The third kappa shape index (κ3) is 3.04. The van der Waals surface area contributed by atoms with Gasteiger partial charge in [0.2, 0.25) is 0 Å².